The summed E-state index contributed by atoms with van der Waals surface area (Å²) in [7, 11) is 0. The Bertz CT molecular complexity index is 1110. The summed E-state index contributed by atoms with van der Waals surface area (Å²) in [4.78, 5) is 12.4. The molecule has 0 aliphatic heterocycles. The van der Waals surface area contributed by atoms with Crippen molar-refractivity contribution in [2.75, 3.05) is 5.32 Å². The molecule has 0 radical (unpaired) electrons. The summed E-state index contributed by atoms with van der Waals surface area (Å²) in [6, 6.07) is 11.9. The number of carbonyl (C=O) groups is 1. The van der Waals surface area contributed by atoms with E-state index in [0.29, 0.717) is 5.76 Å². The first-order chi connectivity index (χ1) is 13.3. The largest absolute Gasteiger partial charge is 0.360 e. The van der Waals surface area contributed by atoms with E-state index >= 15 is 0 Å². The van der Waals surface area contributed by atoms with Crippen molar-refractivity contribution in [3.05, 3.63) is 69.7 Å². The zero-order valence-electron chi connectivity index (χ0n) is 16.6. The fraction of sp³-hybridized carbons (Fsp3) is 0.227. The Morgan fingerprint density at radius 1 is 1.11 bits per heavy atom. The minimum atomic E-state index is -0.521. The number of benzene rings is 1. The molecule has 2 heterocycles. The third kappa shape index (κ3) is 3.89. The zero-order chi connectivity index (χ0) is 20.4. The second-order valence-electron chi connectivity index (χ2n) is 6.95. The first kappa shape index (κ1) is 19.2. The first-order valence-corrected chi connectivity index (χ1v) is 8.92. The van der Waals surface area contributed by atoms with E-state index in [9.17, 15) is 10.1 Å². The SMILES string of the molecule is Cc1cc(C)cc(-n2c(C)cc(/C=C(/C#N)C(=O)Nc3cc(C)on3)c2C)c1. The number of nitrogens with one attached hydrogen (secondary N) is 1. The lowest BCUT2D eigenvalue weighted by Gasteiger charge is -2.12. The van der Waals surface area contributed by atoms with Crippen molar-refractivity contribution in [2.24, 2.45) is 0 Å². The van der Waals surface area contributed by atoms with Gasteiger partial charge in [-0.15, -0.1) is 0 Å². The monoisotopic (exact) mass is 374 g/mol. The molecule has 1 N–H and O–H groups in total. The third-order valence-electron chi connectivity index (χ3n) is 4.47. The second kappa shape index (κ2) is 7.57. The Hall–Kier alpha value is -3.59. The third-order valence-corrected chi connectivity index (χ3v) is 4.47. The van der Waals surface area contributed by atoms with Gasteiger partial charge in [-0.1, -0.05) is 11.2 Å². The van der Waals surface area contributed by atoms with Gasteiger partial charge in [0, 0.05) is 23.1 Å². The van der Waals surface area contributed by atoms with Crippen molar-refractivity contribution in [2.45, 2.75) is 34.6 Å². The molecule has 142 valence electrons. The highest BCUT2D eigenvalue weighted by Gasteiger charge is 2.15. The Labute approximate surface area is 164 Å². The van der Waals surface area contributed by atoms with E-state index in [2.05, 4.69) is 47.1 Å². The fourth-order valence-corrected chi connectivity index (χ4v) is 3.32. The highest BCUT2D eigenvalue weighted by molar-refractivity contribution is 6.09. The number of nitriles is 1. The highest BCUT2D eigenvalue weighted by Crippen LogP contribution is 2.24. The van der Waals surface area contributed by atoms with Crippen molar-refractivity contribution in [1.29, 1.82) is 5.26 Å². The number of aromatic nitrogens is 2. The number of carbonyl (C=O) groups excluding carboxylic acids is 1. The Kier molecular flexibility index (Phi) is 5.18. The van der Waals surface area contributed by atoms with Crippen molar-refractivity contribution in [3.8, 4) is 11.8 Å². The number of hydrogen-bond acceptors (Lipinski definition) is 4. The zero-order valence-corrected chi connectivity index (χ0v) is 16.6. The number of hydrogen-bond donors (Lipinski definition) is 1. The van der Waals surface area contributed by atoms with Gasteiger partial charge < -0.3 is 14.4 Å². The summed E-state index contributed by atoms with van der Waals surface area (Å²) in [5.74, 6) is 0.339. The van der Waals surface area contributed by atoms with Gasteiger partial charge in [0.05, 0.1) is 0 Å². The molecular formula is C22H22N4O2. The molecule has 0 spiro atoms. The Morgan fingerprint density at radius 2 is 1.79 bits per heavy atom. The summed E-state index contributed by atoms with van der Waals surface area (Å²) in [6.45, 7) is 9.84. The van der Waals surface area contributed by atoms with Crippen LogP contribution in [0.5, 0.6) is 0 Å². The van der Waals surface area contributed by atoms with Crippen LogP contribution in [-0.2, 0) is 4.79 Å². The van der Waals surface area contributed by atoms with Crippen molar-refractivity contribution >= 4 is 17.8 Å². The molecular weight excluding hydrogens is 352 g/mol. The van der Waals surface area contributed by atoms with Gasteiger partial charge in [-0.2, -0.15) is 5.26 Å². The van der Waals surface area contributed by atoms with Gasteiger partial charge in [-0.25, -0.2) is 0 Å². The van der Waals surface area contributed by atoms with Crippen LogP contribution in [0.15, 0.2) is 40.4 Å². The van der Waals surface area contributed by atoms with Crippen LogP contribution in [0, 0.1) is 45.9 Å². The smallest absolute Gasteiger partial charge is 0.267 e. The van der Waals surface area contributed by atoms with Crippen LogP contribution in [0.2, 0.25) is 0 Å². The molecule has 0 atom stereocenters. The first-order valence-electron chi connectivity index (χ1n) is 8.92. The minimum Gasteiger partial charge on any atom is -0.360 e. The van der Waals surface area contributed by atoms with Gasteiger partial charge in [0.1, 0.15) is 17.4 Å². The molecule has 6 nitrogen and oxygen atoms in total. The number of aryl methyl sites for hydroxylation is 4. The van der Waals surface area contributed by atoms with Gasteiger partial charge in [0.2, 0.25) is 0 Å². The molecule has 0 saturated heterocycles. The molecule has 0 fully saturated rings. The molecule has 28 heavy (non-hydrogen) atoms. The molecule has 2 aromatic heterocycles. The summed E-state index contributed by atoms with van der Waals surface area (Å²) in [5, 5.41) is 15.8. The summed E-state index contributed by atoms with van der Waals surface area (Å²) in [5.41, 5.74) is 6.23. The Balaban J connectivity index is 1.97. The highest BCUT2D eigenvalue weighted by atomic mass is 16.5. The molecule has 0 saturated carbocycles. The van der Waals surface area contributed by atoms with Gasteiger partial charge in [0.25, 0.3) is 5.91 Å². The fourth-order valence-electron chi connectivity index (χ4n) is 3.32. The lowest BCUT2D eigenvalue weighted by molar-refractivity contribution is -0.112. The maximum atomic E-state index is 12.4. The van der Waals surface area contributed by atoms with Crippen molar-refractivity contribution < 1.29 is 9.32 Å². The summed E-state index contributed by atoms with van der Waals surface area (Å²) < 4.78 is 7.06. The van der Waals surface area contributed by atoms with Gasteiger partial charge >= 0.3 is 0 Å². The summed E-state index contributed by atoms with van der Waals surface area (Å²) >= 11 is 0. The van der Waals surface area contributed by atoms with Crippen LogP contribution in [0.4, 0.5) is 5.82 Å². The van der Waals surface area contributed by atoms with Crippen LogP contribution >= 0.6 is 0 Å². The van der Waals surface area contributed by atoms with E-state index in [4.69, 9.17) is 4.52 Å². The van der Waals surface area contributed by atoms with Crippen molar-refractivity contribution in [1.82, 2.24) is 9.72 Å². The van der Waals surface area contributed by atoms with E-state index < -0.39 is 5.91 Å². The maximum absolute atomic E-state index is 12.4. The van der Waals surface area contributed by atoms with Crippen LogP contribution in [0.25, 0.3) is 11.8 Å². The Morgan fingerprint density at radius 3 is 2.36 bits per heavy atom. The van der Waals surface area contributed by atoms with Crippen LogP contribution in [-0.4, -0.2) is 15.6 Å². The second-order valence-corrected chi connectivity index (χ2v) is 6.95. The average molecular weight is 374 g/mol. The predicted molar refractivity (Wildman–Crippen MR) is 108 cm³/mol. The molecule has 1 aromatic carbocycles. The molecule has 6 heteroatoms. The molecule has 3 aromatic rings. The van der Waals surface area contributed by atoms with Gasteiger partial charge in [-0.3, -0.25) is 4.79 Å². The average Bonchev–Trinajstić information content (AvgIpc) is 3.14. The number of rotatable bonds is 4. The number of amides is 1. The minimum absolute atomic E-state index is 0.00123. The van der Waals surface area contributed by atoms with Gasteiger partial charge in [-0.05, 0) is 75.6 Å². The predicted octanol–water partition coefficient (Wildman–Crippen LogP) is 4.55. The maximum Gasteiger partial charge on any atom is 0.267 e. The molecule has 0 aliphatic rings. The molecule has 1 amide bonds. The quantitative estimate of drug-likeness (QED) is 0.536. The lowest BCUT2D eigenvalue weighted by Crippen LogP contribution is -2.13. The van der Waals surface area contributed by atoms with E-state index in [1.165, 1.54) is 11.1 Å². The number of nitrogens with zero attached hydrogens (tertiary/aromatic N) is 3. The van der Waals surface area contributed by atoms with Crippen LogP contribution in [0.3, 0.4) is 0 Å². The van der Waals surface area contributed by atoms with E-state index in [1.807, 2.05) is 26.0 Å². The van der Waals surface area contributed by atoms with E-state index in [-0.39, 0.29) is 11.4 Å². The van der Waals surface area contributed by atoms with E-state index in [0.717, 1.165) is 22.6 Å². The molecule has 0 bridgehead atoms. The summed E-state index contributed by atoms with van der Waals surface area (Å²) in [6.07, 6.45) is 1.60. The molecule has 0 unspecified atom stereocenters. The number of anilines is 1. The van der Waals surface area contributed by atoms with Crippen LogP contribution < -0.4 is 5.32 Å². The topological polar surface area (TPSA) is 83.9 Å². The van der Waals surface area contributed by atoms with Crippen molar-refractivity contribution in [3.63, 3.8) is 0 Å². The molecule has 3 rings (SSSR count). The lowest BCUT2D eigenvalue weighted by atomic mass is 10.1. The van der Waals surface area contributed by atoms with Crippen LogP contribution in [0.1, 0.15) is 33.8 Å². The van der Waals surface area contributed by atoms with E-state index in [1.54, 1.807) is 19.1 Å². The molecule has 0 aliphatic carbocycles. The van der Waals surface area contributed by atoms with Gasteiger partial charge in [0.15, 0.2) is 5.82 Å². The standard InChI is InChI=1S/C22H22N4O2/c1-13-6-14(2)8-20(7-13)26-15(3)9-18(17(26)5)11-19(12-23)22(27)24-21-10-16(4)28-25-21/h6-11H,1-5H3,(H,24,25,27)/b19-11-. The normalized spacial score (nSPS) is 11.4.